The highest BCUT2D eigenvalue weighted by atomic mass is 35.5. The van der Waals surface area contributed by atoms with Gasteiger partial charge in [0.05, 0.1) is 4.92 Å². The fraction of sp³-hybridized carbons (Fsp3) is 0. The minimum Gasteiger partial charge on any atom is -0.258 e. The molecule has 12 heavy (non-hydrogen) atoms. The van der Waals surface area contributed by atoms with Crippen molar-refractivity contribution in [2.24, 2.45) is 0 Å². The Morgan fingerprint density at radius 2 is 2.50 bits per heavy atom. The van der Waals surface area contributed by atoms with E-state index in [4.69, 9.17) is 16.9 Å². The van der Waals surface area contributed by atoms with E-state index in [0.717, 1.165) is 23.1 Å². The van der Waals surface area contributed by atoms with Crippen LogP contribution in [-0.2, 0) is 0 Å². The van der Waals surface area contributed by atoms with Crippen LogP contribution in [0.2, 0.25) is 4.34 Å². The highest BCUT2D eigenvalue weighted by Gasteiger charge is 2.18. The summed E-state index contributed by atoms with van der Waals surface area (Å²) >= 11 is 7.32. The van der Waals surface area contributed by atoms with Crippen LogP contribution >= 0.6 is 34.7 Å². The number of nitro groups is 1. The number of nitrogens with zero attached hydrogens (tertiary/aromatic N) is 2. The maximum atomic E-state index is 10.3. The first-order valence-electron chi connectivity index (χ1n) is 2.65. The molecule has 0 atom stereocenters. The second kappa shape index (κ2) is 3.76. The summed E-state index contributed by atoms with van der Waals surface area (Å²) in [6, 6.07) is 1.24. The van der Waals surface area contributed by atoms with Crippen molar-refractivity contribution < 1.29 is 4.92 Å². The predicted molar refractivity (Wildman–Crippen MR) is 47.5 cm³/mol. The predicted octanol–water partition coefficient (Wildman–Crippen LogP) is 2.88. The van der Waals surface area contributed by atoms with Gasteiger partial charge in [-0.1, -0.05) is 11.6 Å². The fourth-order valence-electron chi connectivity index (χ4n) is 0.579. The second-order valence-electron chi connectivity index (χ2n) is 1.67. The smallest absolute Gasteiger partial charge is 0.258 e. The van der Waals surface area contributed by atoms with E-state index in [-0.39, 0.29) is 5.69 Å². The largest absolute Gasteiger partial charge is 0.296 e. The Morgan fingerprint density at radius 3 is 3.00 bits per heavy atom. The van der Waals surface area contributed by atoms with Crippen molar-refractivity contribution in [3.05, 3.63) is 20.5 Å². The van der Waals surface area contributed by atoms with Crippen LogP contribution in [0.4, 0.5) is 5.69 Å². The zero-order chi connectivity index (χ0) is 9.14. The molecule has 0 saturated carbocycles. The summed E-state index contributed by atoms with van der Waals surface area (Å²) in [4.78, 5) is 9.79. The third-order valence-corrected chi connectivity index (χ3v) is 3.02. The van der Waals surface area contributed by atoms with Gasteiger partial charge in [-0.3, -0.25) is 10.1 Å². The molecule has 62 valence electrons. The van der Waals surface area contributed by atoms with E-state index in [9.17, 15) is 10.1 Å². The molecule has 1 aromatic rings. The molecule has 0 bridgehead atoms. The first-order chi connectivity index (χ1) is 5.65. The molecule has 0 fully saturated rings. The molecule has 0 aliphatic rings. The van der Waals surface area contributed by atoms with E-state index in [0.29, 0.717) is 8.55 Å². The number of hydrogen-bond acceptors (Lipinski definition) is 5. The van der Waals surface area contributed by atoms with Crippen LogP contribution in [0.3, 0.4) is 0 Å². The van der Waals surface area contributed by atoms with E-state index in [1.807, 2.05) is 0 Å². The lowest BCUT2D eigenvalue weighted by molar-refractivity contribution is -0.387. The average molecular weight is 221 g/mol. The number of halogens is 1. The van der Waals surface area contributed by atoms with Crippen molar-refractivity contribution in [2.75, 3.05) is 0 Å². The van der Waals surface area contributed by atoms with Gasteiger partial charge >= 0.3 is 0 Å². The van der Waals surface area contributed by atoms with Crippen molar-refractivity contribution in [2.45, 2.75) is 4.21 Å². The molecule has 0 aliphatic heterocycles. The van der Waals surface area contributed by atoms with Gasteiger partial charge in [0.2, 0.25) is 0 Å². The lowest BCUT2D eigenvalue weighted by Gasteiger charge is -1.85. The van der Waals surface area contributed by atoms with Gasteiger partial charge < -0.3 is 0 Å². The molecule has 0 aromatic carbocycles. The SMILES string of the molecule is N#CSc1sc(Cl)cc1[N+](=O)[O-]. The standard InChI is InChI=1S/C5HClN2O2S2/c6-4-1-3(8(9)10)5(12-4)11-2-7/h1H. The second-order valence-corrected chi connectivity index (χ2v) is 4.41. The molecule has 4 nitrogen and oxygen atoms in total. The van der Waals surface area contributed by atoms with Crippen LogP contribution in [0.5, 0.6) is 0 Å². The van der Waals surface area contributed by atoms with Crippen molar-refractivity contribution in [3.8, 4) is 5.40 Å². The molecular formula is C5HClN2O2S2. The van der Waals surface area contributed by atoms with Gasteiger partial charge in [-0.05, 0) is 0 Å². The molecule has 0 N–H and O–H groups in total. The van der Waals surface area contributed by atoms with Gasteiger partial charge in [-0.25, -0.2) is 0 Å². The summed E-state index contributed by atoms with van der Waals surface area (Å²) in [6.45, 7) is 0. The number of thioether (sulfide) groups is 1. The van der Waals surface area contributed by atoms with Crippen molar-refractivity contribution in [1.82, 2.24) is 0 Å². The van der Waals surface area contributed by atoms with Crippen LogP contribution in [0.25, 0.3) is 0 Å². The van der Waals surface area contributed by atoms with E-state index in [2.05, 4.69) is 0 Å². The average Bonchev–Trinajstić information content (AvgIpc) is 2.32. The minimum atomic E-state index is -0.554. The Bertz CT molecular complexity index is 357. The third-order valence-electron chi connectivity index (χ3n) is 0.985. The summed E-state index contributed by atoms with van der Waals surface area (Å²) in [7, 11) is 0. The Labute approximate surface area is 80.9 Å². The van der Waals surface area contributed by atoms with Gasteiger partial charge in [-0.2, -0.15) is 5.26 Å². The number of hydrogen-bond donors (Lipinski definition) is 0. The van der Waals surface area contributed by atoms with E-state index < -0.39 is 4.92 Å². The fourth-order valence-corrected chi connectivity index (χ4v) is 2.51. The quantitative estimate of drug-likeness (QED) is 0.333. The minimum absolute atomic E-state index is 0.100. The first kappa shape index (κ1) is 9.32. The molecule has 7 heteroatoms. The highest BCUT2D eigenvalue weighted by molar-refractivity contribution is 8.05. The van der Waals surface area contributed by atoms with Crippen LogP contribution in [-0.4, -0.2) is 4.92 Å². The van der Waals surface area contributed by atoms with Crippen LogP contribution in [0, 0.1) is 20.8 Å². The topological polar surface area (TPSA) is 66.9 Å². The summed E-state index contributed by atoms with van der Waals surface area (Å²) in [5, 5.41) is 20.4. The Morgan fingerprint density at radius 1 is 1.83 bits per heavy atom. The van der Waals surface area contributed by atoms with Crippen molar-refractivity contribution in [1.29, 1.82) is 5.26 Å². The van der Waals surface area contributed by atoms with Gasteiger partial charge in [0.1, 0.15) is 9.74 Å². The molecule has 1 aromatic heterocycles. The lowest BCUT2D eigenvalue weighted by Crippen LogP contribution is -1.84. The van der Waals surface area contributed by atoms with Crippen LogP contribution in [0.1, 0.15) is 0 Å². The first-order valence-corrected chi connectivity index (χ1v) is 4.66. The Kier molecular flexibility index (Phi) is 2.92. The number of thiophene rings is 1. The molecule has 1 heterocycles. The van der Waals surface area contributed by atoms with Crippen LogP contribution in [0.15, 0.2) is 10.3 Å². The zero-order valence-electron chi connectivity index (χ0n) is 5.48. The van der Waals surface area contributed by atoms with Crippen LogP contribution < -0.4 is 0 Å². The van der Waals surface area contributed by atoms with Crippen molar-refractivity contribution in [3.63, 3.8) is 0 Å². The van der Waals surface area contributed by atoms with Gasteiger partial charge in [0.25, 0.3) is 5.69 Å². The molecule has 0 radical (unpaired) electrons. The summed E-state index contributed by atoms with van der Waals surface area (Å²) in [5.41, 5.74) is -0.100. The van der Waals surface area contributed by atoms with E-state index >= 15 is 0 Å². The number of rotatable bonds is 2. The normalized spacial score (nSPS) is 9.33. The number of nitriles is 1. The van der Waals surface area contributed by atoms with E-state index in [1.165, 1.54) is 6.07 Å². The maximum Gasteiger partial charge on any atom is 0.296 e. The van der Waals surface area contributed by atoms with Gasteiger partial charge in [0.15, 0.2) is 4.21 Å². The zero-order valence-corrected chi connectivity index (χ0v) is 7.87. The maximum absolute atomic E-state index is 10.3. The Balaban J connectivity index is 3.10. The lowest BCUT2D eigenvalue weighted by atomic mass is 10.6. The molecule has 0 saturated heterocycles. The third kappa shape index (κ3) is 1.88. The van der Waals surface area contributed by atoms with E-state index in [1.54, 1.807) is 5.40 Å². The summed E-state index contributed by atoms with van der Waals surface area (Å²) < 4.78 is 0.645. The molecule has 0 aliphatic carbocycles. The molecule has 0 unspecified atom stereocenters. The summed E-state index contributed by atoms with van der Waals surface area (Å²) in [6.07, 6.45) is 0. The van der Waals surface area contributed by atoms with Crippen molar-refractivity contribution >= 4 is 40.4 Å². The highest BCUT2D eigenvalue weighted by Crippen LogP contribution is 2.39. The molecule has 0 spiro atoms. The molecular weight excluding hydrogens is 220 g/mol. The summed E-state index contributed by atoms with van der Waals surface area (Å²) in [5.74, 6) is 0. The molecule has 0 amide bonds. The number of thiocyanates is 1. The van der Waals surface area contributed by atoms with Gasteiger partial charge in [0, 0.05) is 17.8 Å². The Hall–Kier alpha value is -0.770. The molecule has 1 rings (SSSR count). The van der Waals surface area contributed by atoms with Gasteiger partial charge in [-0.15, -0.1) is 11.3 Å². The monoisotopic (exact) mass is 220 g/mol.